The summed E-state index contributed by atoms with van der Waals surface area (Å²) in [5.41, 5.74) is 0. The fourth-order valence-corrected chi connectivity index (χ4v) is 3.98. The van der Waals surface area contributed by atoms with Crippen LogP contribution in [-0.4, -0.2) is 57.4 Å². The van der Waals surface area contributed by atoms with E-state index in [1.54, 1.807) is 0 Å². The van der Waals surface area contributed by atoms with Crippen molar-refractivity contribution in [1.82, 2.24) is 0 Å². The molecule has 0 aromatic rings. The average Bonchev–Trinajstić information content (AvgIpc) is 2.43. The van der Waals surface area contributed by atoms with Gasteiger partial charge >= 0.3 is 0 Å². The van der Waals surface area contributed by atoms with Gasteiger partial charge in [-0.1, -0.05) is 12.8 Å². The summed E-state index contributed by atoms with van der Waals surface area (Å²) in [5, 5.41) is 40.5. The number of aliphatic hydroxyl groups is 4. The van der Waals surface area contributed by atoms with Crippen molar-refractivity contribution in [3.8, 4) is 0 Å². The van der Waals surface area contributed by atoms with E-state index in [1.807, 2.05) is 0 Å². The third-order valence-electron chi connectivity index (χ3n) is 5.23. The normalized spacial score (nSPS) is 52.2. The van der Waals surface area contributed by atoms with E-state index in [1.165, 1.54) is 0 Å². The van der Waals surface area contributed by atoms with Gasteiger partial charge in [0.05, 0.1) is 13.2 Å². The molecule has 0 spiro atoms. The second kappa shape index (κ2) is 5.19. The van der Waals surface area contributed by atoms with Gasteiger partial charge in [-0.3, -0.25) is 0 Å². The number of ether oxygens (including phenoxy) is 2. The topological polar surface area (TPSA) is 99.4 Å². The number of aliphatic hydroxyl groups excluding tert-OH is 2. The molecule has 116 valence electrons. The van der Waals surface area contributed by atoms with Gasteiger partial charge in [0, 0.05) is 11.8 Å². The highest BCUT2D eigenvalue weighted by atomic mass is 16.7. The van der Waals surface area contributed by atoms with Crippen LogP contribution in [-0.2, 0) is 9.47 Å². The van der Waals surface area contributed by atoms with E-state index in [-0.39, 0.29) is 25.0 Å². The van der Waals surface area contributed by atoms with Gasteiger partial charge in [-0.2, -0.15) is 0 Å². The Kier molecular flexibility index (Phi) is 3.81. The predicted octanol–water partition coefficient (Wildman–Crippen LogP) is -0.268. The lowest BCUT2D eigenvalue weighted by molar-refractivity contribution is -0.461. The van der Waals surface area contributed by atoms with Gasteiger partial charge in [0.15, 0.2) is 11.6 Å². The molecule has 1 saturated heterocycles. The fraction of sp³-hybridized carbons (Fsp3) is 1.00. The molecule has 0 radical (unpaired) electrons. The Morgan fingerprint density at radius 2 is 1.15 bits per heavy atom. The Bertz CT molecular complexity index is 330. The van der Waals surface area contributed by atoms with E-state index in [0.29, 0.717) is 25.7 Å². The first-order valence-corrected chi connectivity index (χ1v) is 7.56. The molecule has 4 N–H and O–H groups in total. The molecule has 1 aliphatic heterocycles. The van der Waals surface area contributed by atoms with E-state index < -0.39 is 23.8 Å². The van der Waals surface area contributed by atoms with E-state index in [9.17, 15) is 20.4 Å². The second-order valence-corrected chi connectivity index (χ2v) is 6.34. The molecule has 0 amide bonds. The molecule has 0 aromatic carbocycles. The van der Waals surface area contributed by atoms with E-state index >= 15 is 0 Å². The number of hydrogen-bond donors (Lipinski definition) is 4. The molecule has 0 bridgehead atoms. The number of hydrogen-bond acceptors (Lipinski definition) is 6. The lowest BCUT2D eigenvalue weighted by atomic mass is 9.76. The third kappa shape index (κ3) is 2.01. The molecule has 1 heterocycles. The highest BCUT2D eigenvalue weighted by Gasteiger charge is 2.62. The Hall–Kier alpha value is -0.240. The Balaban J connectivity index is 1.88. The van der Waals surface area contributed by atoms with Gasteiger partial charge < -0.3 is 29.9 Å². The minimum Gasteiger partial charge on any atom is -0.396 e. The van der Waals surface area contributed by atoms with Crippen molar-refractivity contribution in [2.75, 3.05) is 13.2 Å². The molecule has 20 heavy (non-hydrogen) atoms. The maximum Gasteiger partial charge on any atom is 0.197 e. The maximum absolute atomic E-state index is 10.8. The van der Waals surface area contributed by atoms with Crippen LogP contribution >= 0.6 is 0 Å². The summed E-state index contributed by atoms with van der Waals surface area (Å²) in [6.07, 6.45) is 2.85. The Labute approximate surface area is 118 Å². The summed E-state index contributed by atoms with van der Waals surface area (Å²) in [4.78, 5) is 0. The predicted molar refractivity (Wildman–Crippen MR) is 68.5 cm³/mol. The number of fused-ring (bicyclic) bond motifs is 2. The summed E-state index contributed by atoms with van der Waals surface area (Å²) in [6.45, 7) is -0.324. The summed E-state index contributed by atoms with van der Waals surface area (Å²) < 4.78 is 11.7. The van der Waals surface area contributed by atoms with Crippen molar-refractivity contribution in [2.24, 2.45) is 11.8 Å². The van der Waals surface area contributed by atoms with Gasteiger partial charge in [0.2, 0.25) is 0 Å². The first-order chi connectivity index (χ1) is 9.54. The van der Waals surface area contributed by atoms with Crippen LogP contribution in [0.1, 0.15) is 38.5 Å². The molecule has 6 heteroatoms. The Morgan fingerprint density at radius 3 is 1.50 bits per heavy atom. The third-order valence-corrected chi connectivity index (χ3v) is 5.23. The molecular formula is C14H24O6. The van der Waals surface area contributed by atoms with Crippen LogP contribution in [0.2, 0.25) is 0 Å². The first-order valence-electron chi connectivity index (χ1n) is 7.56. The lowest BCUT2D eigenvalue weighted by Gasteiger charge is -2.58. The van der Waals surface area contributed by atoms with Crippen molar-refractivity contribution >= 4 is 0 Å². The van der Waals surface area contributed by atoms with E-state index in [0.717, 1.165) is 12.8 Å². The summed E-state index contributed by atoms with van der Waals surface area (Å²) in [5.74, 6) is -3.83. The standard InChI is InChI=1S/C14H24O6/c15-7-9-3-1-5-11-13(9,17)20-12-6-2-4-10(8-16)14(12,18)19-11/h9-12,15-18H,1-8H2. The van der Waals surface area contributed by atoms with Crippen LogP contribution < -0.4 is 0 Å². The molecule has 3 fully saturated rings. The van der Waals surface area contributed by atoms with Crippen molar-refractivity contribution in [1.29, 1.82) is 0 Å². The van der Waals surface area contributed by atoms with Gasteiger partial charge in [0.1, 0.15) is 12.2 Å². The van der Waals surface area contributed by atoms with Gasteiger partial charge in [0.25, 0.3) is 0 Å². The molecule has 0 aromatic heterocycles. The van der Waals surface area contributed by atoms with Crippen LogP contribution in [0.15, 0.2) is 0 Å². The smallest absolute Gasteiger partial charge is 0.197 e. The molecule has 6 unspecified atom stereocenters. The first kappa shape index (κ1) is 14.7. The minimum atomic E-state index is -1.53. The summed E-state index contributed by atoms with van der Waals surface area (Å²) >= 11 is 0. The highest BCUT2D eigenvalue weighted by Crippen LogP contribution is 2.49. The summed E-state index contributed by atoms with van der Waals surface area (Å²) in [6, 6.07) is 0. The molecule has 2 saturated carbocycles. The second-order valence-electron chi connectivity index (χ2n) is 6.34. The zero-order valence-electron chi connectivity index (χ0n) is 11.6. The molecule has 3 aliphatic rings. The zero-order valence-corrected chi connectivity index (χ0v) is 11.6. The van der Waals surface area contributed by atoms with E-state index in [4.69, 9.17) is 9.47 Å². The average molecular weight is 288 g/mol. The van der Waals surface area contributed by atoms with E-state index in [2.05, 4.69) is 0 Å². The van der Waals surface area contributed by atoms with Crippen molar-refractivity contribution < 1.29 is 29.9 Å². The van der Waals surface area contributed by atoms with Crippen LogP contribution in [0.3, 0.4) is 0 Å². The fourth-order valence-electron chi connectivity index (χ4n) is 3.98. The largest absolute Gasteiger partial charge is 0.396 e. The summed E-state index contributed by atoms with van der Waals surface area (Å²) in [7, 11) is 0. The monoisotopic (exact) mass is 288 g/mol. The SMILES string of the molecule is OCC1CCCC2OC3(O)C(CO)CCCC3OC12O. The van der Waals surface area contributed by atoms with Gasteiger partial charge in [-0.15, -0.1) is 0 Å². The Morgan fingerprint density at radius 1 is 0.750 bits per heavy atom. The van der Waals surface area contributed by atoms with Crippen LogP contribution in [0.4, 0.5) is 0 Å². The van der Waals surface area contributed by atoms with Gasteiger partial charge in [-0.25, -0.2) is 0 Å². The highest BCUT2D eigenvalue weighted by molar-refractivity contribution is 5.01. The van der Waals surface area contributed by atoms with Crippen LogP contribution in [0.25, 0.3) is 0 Å². The lowest BCUT2D eigenvalue weighted by Crippen LogP contribution is -2.71. The van der Waals surface area contributed by atoms with Crippen molar-refractivity contribution in [3.63, 3.8) is 0 Å². The van der Waals surface area contributed by atoms with Crippen molar-refractivity contribution in [3.05, 3.63) is 0 Å². The van der Waals surface area contributed by atoms with Gasteiger partial charge in [-0.05, 0) is 25.7 Å². The molecular weight excluding hydrogens is 264 g/mol. The zero-order chi connectivity index (χ0) is 14.4. The quantitative estimate of drug-likeness (QED) is 0.558. The van der Waals surface area contributed by atoms with Crippen LogP contribution in [0, 0.1) is 11.8 Å². The molecule has 2 aliphatic carbocycles. The molecule has 6 atom stereocenters. The maximum atomic E-state index is 10.8. The minimum absolute atomic E-state index is 0.162. The molecule has 6 nitrogen and oxygen atoms in total. The van der Waals surface area contributed by atoms with Crippen LogP contribution in [0.5, 0.6) is 0 Å². The molecule has 3 rings (SSSR count). The van der Waals surface area contributed by atoms with Crippen molar-refractivity contribution in [2.45, 2.75) is 62.3 Å². The number of rotatable bonds is 2.